The van der Waals surface area contributed by atoms with Gasteiger partial charge >= 0.3 is 6.03 Å². The van der Waals surface area contributed by atoms with E-state index in [9.17, 15) is 14.4 Å². The number of carbonyl (C=O) groups excluding carboxylic acids is 3. The van der Waals surface area contributed by atoms with Gasteiger partial charge in [0.25, 0.3) is 0 Å². The average molecular weight is 360 g/mol. The fourth-order valence-electron chi connectivity index (χ4n) is 3.13. The number of unbranched alkanes of at least 4 members (excludes halogenated alkanes) is 2. The lowest BCUT2D eigenvalue weighted by Crippen LogP contribution is -2.45. The lowest BCUT2D eigenvalue weighted by Gasteiger charge is -2.16. The van der Waals surface area contributed by atoms with Crippen LogP contribution in [0.3, 0.4) is 0 Å². The maximum Gasteiger partial charge on any atom is 0.315 e. The van der Waals surface area contributed by atoms with Gasteiger partial charge in [-0.05, 0) is 25.3 Å². The highest BCUT2D eigenvalue weighted by molar-refractivity contribution is 5.86. The Labute approximate surface area is 154 Å². The molecule has 2 rings (SSSR count). The summed E-state index contributed by atoms with van der Waals surface area (Å²) in [5.41, 5.74) is 6.37. The molecular weight excluding hydrogens is 332 g/mol. The summed E-state index contributed by atoms with van der Waals surface area (Å²) in [6.45, 7) is 1.98. The molecule has 1 fully saturated rings. The maximum atomic E-state index is 12.1. The van der Waals surface area contributed by atoms with Crippen LogP contribution in [0.5, 0.6) is 0 Å². The summed E-state index contributed by atoms with van der Waals surface area (Å²) in [5.74, 6) is -0.686. The fraction of sp³-hybridized carbons (Fsp3) is 0.526. The van der Waals surface area contributed by atoms with Crippen molar-refractivity contribution in [2.24, 2.45) is 5.73 Å². The van der Waals surface area contributed by atoms with E-state index in [1.165, 1.54) is 0 Å². The molecule has 4 amide bonds. The Hall–Kier alpha value is -2.57. The molecule has 142 valence electrons. The van der Waals surface area contributed by atoms with Gasteiger partial charge in [0.2, 0.25) is 11.8 Å². The van der Waals surface area contributed by atoms with Gasteiger partial charge in [-0.2, -0.15) is 0 Å². The first-order chi connectivity index (χ1) is 12.5. The predicted octanol–water partition coefficient (Wildman–Crippen LogP) is 1.22. The highest BCUT2D eigenvalue weighted by Crippen LogP contribution is 2.12. The van der Waals surface area contributed by atoms with Crippen LogP contribution in [0, 0.1) is 0 Å². The topological polar surface area (TPSA) is 113 Å². The van der Waals surface area contributed by atoms with E-state index in [2.05, 4.69) is 16.0 Å². The molecule has 3 atom stereocenters. The number of nitrogens with two attached hydrogens (primary N) is 1. The number of urea groups is 1. The van der Waals surface area contributed by atoms with Crippen molar-refractivity contribution in [2.45, 2.75) is 63.6 Å². The zero-order chi connectivity index (χ0) is 18.9. The third-order valence-electron chi connectivity index (χ3n) is 4.66. The first-order valence-electron chi connectivity index (χ1n) is 9.15. The zero-order valence-electron chi connectivity index (χ0n) is 15.2. The van der Waals surface area contributed by atoms with Crippen LogP contribution in [0.15, 0.2) is 30.3 Å². The first-order valence-corrected chi connectivity index (χ1v) is 9.15. The molecule has 0 aromatic heterocycles. The van der Waals surface area contributed by atoms with E-state index in [4.69, 9.17) is 5.73 Å². The molecule has 1 aliphatic heterocycles. The quantitative estimate of drug-likeness (QED) is 0.470. The van der Waals surface area contributed by atoms with Crippen molar-refractivity contribution < 1.29 is 14.4 Å². The van der Waals surface area contributed by atoms with E-state index in [0.717, 1.165) is 31.2 Å². The number of primary amides is 1. The number of carbonyl (C=O) groups is 3. The lowest BCUT2D eigenvalue weighted by atomic mass is 10.0. The number of benzene rings is 1. The second kappa shape index (κ2) is 9.79. The van der Waals surface area contributed by atoms with Gasteiger partial charge in [0, 0.05) is 18.9 Å². The Bertz CT molecular complexity index is 620. The Morgan fingerprint density at radius 1 is 1.15 bits per heavy atom. The van der Waals surface area contributed by atoms with Crippen LogP contribution >= 0.6 is 0 Å². The molecule has 7 nitrogen and oxygen atoms in total. The number of nitrogens with one attached hydrogen (secondary N) is 3. The van der Waals surface area contributed by atoms with Crippen LogP contribution in [-0.2, 0) is 16.0 Å². The Morgan fingerprint density at radius 3 is 2.50 bits per heavy atom. The van der Waals surface area contributed by atoms with Gasteiger partial charge in [0.15, 0.2) is 0 Å². The van der Waals surface area contributed by atoms with E-state index < -0.39 is 11.9 Å². The number of amides is 4. The van der Waals surface area contributed by atoms with Gasteiger partial charge < -0.3 is 21.7 Å². The van der Waals surface area contributed by atoms with Crippen LogP contribution < -0.4 is 21.7 Å². The van der Waals surface area contributed by atoms with E-state index in [1.54, 1.807) is 0 Å². The van der Waals surface area contributed by atoms with Gasteiger partial charge in [-0.1, -0.05) is 43.2 Å². The lowest BCUT2D eigenvalue weighted by molar-refractivity contribution is -0.127. The molecule has 0 radical (unpaired) electrons. The summed E-state index contributed by atoms with van der Waals surface area (Å²) in [7, 11) is 0. The molecule has 0 aliphatic carbocycles. The summed E-state index contributed by atoms with van der Waals surface area (Å²) in [4.78, 5) is 34.9. The molecule has 1 aromatic rings. The first kappa shape index (κ1) is 19.8. The fourth-order valence-corrected chi connectivity index (χ4v) is 3.13. The molecular formula is C19H28N4O3. The van der Waals surface area contributed by atoms with Crippen molar-refractivity contribution in [3.05, 3.63) is 35.9 Å². The van der Waals surface area contributed by atoms with E-state index in [1.807, 2.05) is 37.3 Å². The van der Waals surface area contributed by atoms with Gasteiger partial charge in [-0.3, -0.25) is 9.59 Å². The molecule has 1 heterocycles. The number of hydrogen-bond acceptors (Lipinski definition) is 3. The van der Waals surface area contributed by atoms with Gasteiger partial charge in [-0.15, -0.1) is 0 Å². The van der Waals surface area contributed by atoms with Crippen LogP contribution in [0.1, 0.15) is 44.6 Å². The molecule has 5 N–H and O–H groups in total. The summed E-state index contributed by atoms with van der Waals surface area (Å²) in [6.07, 6.45) is 4.22. The monoisotopic (exact) mass is 360 g/mol. The second-order valence-corrected chi connectivity index (χ2v) is 6.82. The molecule has 0 spiro atoms. The molecule has 1 aromatic carbocycles. The minimum Gasteiger partial charge on any atom is -0.368 e. The number of rotatable bonds is 10. The summed E-state index contributed by atoms with van der Waals surface area (Å²) in [6, 6.07) is 8.97. The molecule has 1 aliphatic rings. The van der Waals surface area contributed by atoms with Crippen LogP contribution in [0.4, 0.5) is 4.79 Å². The van der Waals surface area contributed by atoms with Crippen molar-refractivity contribution >= 4 is 17.8 Å². The standard InChI is InChI=1S/C19H28N4O3/c1-13-15(23-19(26)21-13)10-6-3-7-11-17(24)22-16(18(20)25)12-14-8-4-2-5-9-14/h2,4-5,8-9,13,15-16H,3,6-7,10-12H2,1H3,(H2,20,25)(H,22,24)(H2,21,23,26)/t13-,15+,16+/m1/s1. The summed E-state index contributed by atoms with van der Waals surface area (Å²) >= 11 is 0. The molecule has 0 unspecified atom stereocenters. The number of hydrogen-bond donors (Lipinski definition) is 4. The van der Waals surface area contributed by atoms with Gasteiger partial charge in [0.1, 0.15) is 6.04 Å². The van der Waals surface area contributed by atoms with Crippen LogP contribution in [0.25, 0.3) is 0 Å². The third kappa shape index (κ3) is 6.38. The minimum atomic E-state index is -0.689. The molecule has 7 heteroatoms. The smallest absolute Gasteiger partial charge is 0.315 e. The molecule has 26 heavy (non-hydrogen) atoms. The van der Waals surface area contributed by atoms with E-state index in [0.29, 0.717) is 12.8 Å². The van der Waals surface area contributed by atoms with E-state index in [-0.39, 0.29) is 24.0 Å². The van der Waals surface area contributed by atoms with Crippen molar-refractivity contribution in [2.75, 3.05) is 0 Å². The zero-order valence-corrected chi connectivity index (χ0v) is 15.2. The van der Waals surface area contributed by atoms with Crippen molar-refractivity contribution in [3.8, 4) is 0 Å². The van der Waals surface area contributed by atoms with Gasteiger partial charge in [0.05, 0.1) is 6.04 Å². The summed E-state index contributed by atoms with van der Waals surface area (Å²) in [5, 5.41) is 8.43. The van der Waals surface area contributed by atoms with Gasteiger partial charge in [-0.25, -0.2) is 4.79 Å². The predicted molar refractivity (Wildman–Crippen MR) is 99.3 cm³/mol. The second-order valence-electron chi connectivity index (χ2n) is 6.82. The van der Waals surface area contributed by atoms with Crippen LogP contribution in [-0.4, -0.2) is 36.0 Å². The largest absolute Gasteiger partial charge is 0.368 e. The highest BCUT2D eigenvalue weighted by atomic mass is 16.2. The van der Waals surface area contributed by atoms with Crippen molar-refractivity contribution in [1.29, 1.82) is 0 Å². The highest BCUT2D eigenvalue weighted by Gasteiger charge is 2.26. The summed E-state index contributed by atoms with van der Waals surface area (Å²) < 4.78 is 0. The Kier molecular flexibility index (Phi) is 7.44. The maximum absolute atomic E-state index is 12.1. The van der Waals surface area contributed by atoms with Crippen molar-refractivity contribution in [1.82, 2.24) is 16.0 Å². The van der Waals surface area contributed by atoms with Crippen LogP contribution in [0.2, 0.25) is 0 Å². The minimum absolute atomic E-state index is 0.113. The molecule has 0 bridgehead atoms. The SMILES string of the molecule is C[C@H]1NC(=O)N[C@H]1CCCCCC(=O)N[C@@H](Cc1ccccc1)C(N)=O. The third-order valence-corrected chi connectivity index (χ3v) is 4.66. The molecule has 0 saturated carbocycles. The normalized spacial score (nSPS) is 20.1. The average Bonchev–Trinajstić information content (AvgIpc) is 2.92. The molecule has 1 saturated heterocycles. The Morgan fingerprint density at radius 2 is 1.88 bits per heavy atom. The Balaban J connectivity index is 1.65. The van der Waals surface area contributed by atoms with Crippen molar-refractivity contribution in [3.63, 3.8) is 0 Å². The van der Waals surface area contributed by atoms with E-state index >= 15 is 0 Å².